The molecule has 0 aliphatic heterocycles. The van der Waals surface area contributed by atoms with Crippen LogP contribution in [0.4, 0.5) is 0 Å². The monoisotopic (exact) mass is 379 g/mol. The van der Waals surface area contributed by atoms with E-state index in [1.165, 1.54) is 25.0 Å². The molecule has 0 saturated heterocycles. The molecule has 1 aromatic rings. The first-order chi connectivity index (χ1) is 9.38. The predicted octanol–water partition coefficient (Wildman–Crippen LogP) is 3.30. The van der Waals surface area contributed by atoms with Gasteiger partial charge in [0.2, 0.25) is 0 Å². The van der Waals surface area contributed by atoms with Crippen LogP contribution in [0.3, 0.4) is 0 Å². The van der Waals surface area contributed by atoms with Crippen LogP contribution in [0, 0.1) is 5.92 Å². The van der Waals surface area contributed by atoms with Gasteiger partial charge in [0.25, 0.3) is 15.0 Å². The van der Waals surface area contributed by atoms with Crippen molar-refractivity contribution in [2.45, 2.75) is 30.6 Å². The molecule has 0 atom stereocenters. The Kier molecular flexibility index (Phi) is 5.09. The van der Waals surface area contributed by atoms with Crippen LogP contribution in [0.2, 0.25) is 0 Å². The molecule has 0 spiro atoms. The number of amides is 1. The molecule has 0 radical (unpaired) electrons. The quantitative estimate of drug-likeness (QED) is 0.608. The summed E-state index contributed by atoms with van der Waals surface area (Å²) in [5.41, 5.74) is 0.291. The minimum Gasteiger partial charge on any atom is -0.352 e. The average molecular weight is 381 g/mol. The van der Waals surface area contributed by atoms with Gasteiger partial charge in [-0.1, -0.05) is 12.8 Å². The zero-order valence-electron chi connectivity index (χ0n) is 10.7. The molecule has 1 fully saturated rings. The molecular weight excluding hydrogens is 366 g/mol. The summed E-state index contributed by atoms with van der Waals surface area (Å²) in [4.78, 5) is 11.8. The minimum atomic E-state index is -3.87. The van der Waals surface area contributed by atoms with Gasteiger partial charge in [0.15, 0.2) is 0 Å². The molecule has 7 heteroatoms. The summed E-state index contributed by atoms with van der Waals surface area (Å²) in [5, 5.41) is 2.79. The fourth-order valence-corrected chi connectivity index (χ4v) is 4.05. The summed E-state index contributed by atoms with van der Waals surface area (Å²) in [6.07, 6.45) is 4.70. The number of carbonyl (C=O) groups excluding carboxylic acids is 1. The Balaban J connectivity index is 1.98. The summed E-state index contributed by atoms with van der Waals surface area (Å²) in [6, 6.07) is 4.35. The van der Waals surface area contributed by atoms with Crippen molar-refractivity contribution in [1.29, 1.82) is 0 Å². The Hall–Kier alpha value is -0.590. The molecule has 1 aliphatic carbocycles. The lowest BCUT2D eigenvalue weighted by atomic mass is 10.2. The van der Waals surface area contributed by atoms with Crippen molar-refractivity contribution in [2.75, 3.05) is 6.54 Å². The number of benzene rings is 1. The van der Waals surface area contributed by atoms with Gasteiger partial charge < -0.3 is 5.32 Å². The summed E-state index contributed by atoms with van der Waals surface area (Å²) >= 11 is 3.11. The smallest absolute Gasteiger partial charge is 0.262 e. The lowest BCUT2D eigenvalue weighted by molar-refractivity contribution is 0.0952. The second-order valence-corrected chi connectivity index (χ2v) is 8.31. The molecule has 1 aromatic carbocycles. The first kappa shape index (κ1) is 15.8. The zero-order chi connectivity index (χ0) is 14.8. The van der Waals surface area contributed by atoms with Crippen LogP contribution < -0.4 is 5.32 Å². The van der Waals surface area contributed by atoms with Gasteiger partial charge >= 0.3 is 0 Å². The summed E-state index contributed by atoms with van der Waals surface area (Å²) in [7, 11) is 1.45. The van der Waals surface area contributed by atoms with E-state index < -0.39 is 9.05 Å². The highest BCUT2D eigenvalue weighted by molar-refractivity contribution is 9.10. The van der Waals surface area contributed by atoms with Crippen molar-refractivity contribution in [3.63, 3.8) is 0 Å². The van der Waals surface area contributed by atoms with Crippen LogP contribution in [0.15, 0.2) is 27.6 Å². The summed E-state index contributed by atoms with van der Waals surface area (Å²) in [6.45, 7) is 0.606. The largest absolute Gasteiger partial charge is 0.352 e. The summed E-state index contributed by atoms with van der Waals surface area (Å²) in [5.74, 6) is 0.558. The van der Waals surface area contributed by atoms with Crippen LogP contribution in [0.1, 0.15) is 36.0 Å². The molecule has 0 unspecified atom stereocenters. The second kappa shape index (κ2) is 6.45. The maximum Gasteiger partial charge on any atom is 0.262 e. The molecule has 110 valence electrons. The fraction of sp³-hybridized carbons (Fsp3) is 0.462. The van der Waals surface area contributed by atoms with Gasteiger partial charge in [0.05, 0.1) is 4.90 Å². The molecular formula is C13H15BrClNO3S. The lowest BCUT2D eigenvalue weighted by Crippen LogP contribution is -2.24. The van der Waals surface area contributed by atoms with Crippen LogP contribution in [-0.2, 0) is 9.05 Å². The van der Waals surface area contributed by atoms with E-state index in [0.29, 0.717) is 16.6 Å². The molecule has 20 heavy (non-hydrogen) atoms. The van der Waals surface area contributed by atoms with Gasteiger partial charge in [-0.2, -0.15) is 0 Å². The first-order valence-electron chi connectivity index (χ1n) is 6.40. The van der Waals surface area contributed by atoms with Gasteiger partial charge in [0.1, 0.15) is 0 Å². The third-order valence-corrected chi connectivity index (χ3v) is 5.54. The molecule has 1 N–H and O–H groups in total. The Morgan fingerprint density at radius 3 is 2.70 bits per heavy atom. The van der Waals surface area contributed by atoms with Gasteiger partial charge in [-0.05, 0) is 52.9 Å². The number of hydrogen-bond acceptors (Lipinski definition) is 3. The van der Waals surface area contributed by atoms with E-state index in [0.717, 1.165) is 18.8 Å². The van der Waals surface area contributed by atoms with Gasteiger partial charge in [0, 0.05) is 27.3 Å². The molecule has 1 amide bonds. The first-order valence-corrected chi connectivity index (χ1v) is 9.50. The molecule has 4 nitrogen and oxygen atoms in total. The molecule has 1 aliphatic rings. The predicted molar refractivity (Wildman–Crippen MR) is 81.5 cm³/mol. The molecule has 1 saturated carbocycles. The second-order valence-electron chi connectivity index (χ2n) is 4.92. The van der Waals surface area contributed by atoms with Crippen molar-refractivity contribution in [3.05, 3.63) is 28.2 Å². The van der Waals surface area contributed by atoms with E-state index >= 15 is 0 Å². The van der Waals surface area contributed by atoms with E-state index in [-0.39, 0.29) is 10.8 Å². The minimum absolute atomic E-state index is 0.0928. The highest BCUT2D eigenvalue weighted by Gasteiger charge is 2.20. The van der Waals surface area contributed by atoms with Crippen LogP contribution in [0.25, 0.3) is 0 Å². The van der Waals surface area contributed by atoms with Crippen molar-refractivity contribution < 1.29 is 13.2 Å². The van der Waals surface area contributed by atoms with E-state index in [1.54, 1.807) is 6.07 Å². The Labute approximate surface area is 131 Å². The third kappa shape index (κ3) is 4.46. The highest BCUT2D eigenvalue weighted by Crippen LogP contribution is 2.33. The maximum absolute atomic E-state index is 11.9. The fourth-order valence-electron chi connectivity index (χ4n) is 1.93. The van der Waals surface area contributed by atoms with E-state index in [4.69, 9.17) is 10.7 Å². The molecule has 0 bridgehead atoms. The van der Waals surface area contributed by atoms with Crippen LogP contribution in [-0.4, -0.2) is 20.9 Å². The maximum atomic E-state index is 11.9. The normalized spacial score (nSPS) is 15.1. The van der Waals surface area contributed by atoms with Gasteiger partial charge in [-0.15, -0.1) is 0 Å². The van der Waals surface area contributed by atoms with E-state index in [2.05, 4.69) is 21.2 Å². The van der Waals surface area contributed by atoms with Gasteiger partial charge in [-0.25, -0.2) is 8.42 Å². The number of rotatable bonds is 6. The number of nitrogens with one attached hydrogen (secondary N) is 1. The summed E-state index contributed by atoms with van der Waals surface area (Å²) < 4.78 is 23.1. The number of halogens is 2. The van der Waals surface area contributed by atoms with E-state index in [9.17, 15) is 13.2 Å². The Bertz CT molecular complexity index is 614. The number of hydrogen-bond donors (Lipinski definition) is 1. The SMILES string of the molecule is O=C(NCCCC1CC1)c1ccc(Br)c(S(=O)(=O)Cl)c1. The van der Waals surface area contributed by atoms with Crippen molar-refractivity contribution in [1.82, 2.24) is 5.32 Å². The molecule has 0 aromatic heterocycles. The Morgan fingerprint density at radius 1 is 1.40 bits per heavy atom. The number of carbonyl (C=O) groups is 1. The zero-order valence-corrected chi connectivity index (χ0v) is 13.9. The van der Waals surface area contributed by atoms with Crippen molar-refractivity contribution in [3.8, 4) is 0 Å². The lowest BCUT2D eigenvalue weighted by Gasteiger charge is -2.07. The van der Waals surface area contributed by atoms with E-state index in [1.807, 2.05) is 0 Å². The van der Waals surface area contributed by atoms with Crippen LogP contribution >= 0.6 is 26.6 Å². The topological polar surface area (TPSA) is 63.2 Å². The molecule has 2 rings (SSSR count). The standard InChI is InChI=1S/C13H15BrClNO3S/c14-11-6-5-10(8-12(11)20(15,18)19)13(17)16-7-1-2-9-3-4-9/h5-6,8-9H,1-4,7H2,(H,16,17). The van der Waals surface area contributed by atoms with Crippen LogP contribution in [0.5, 0.6) is 0 Å². The van der Waals surface area contributed by atoms with Crippen molar-refractivity contribution in [2.24, 2.45) is 5.92 Å². The Morgan fingerprint density at radius 2 is 2.10 bits per heavy atom. The van der Waals surface area contributed by atoms with Crippen molar-refractivity contribution >= 4 is 41.6 Å². The van der Waals surface area contributed by atoms with Gasteiger partial charge in [-0.3, -0.25) is 4.79 Å². The molecule has 0 heterocycles. The highest BCUT2D eigenvalue weighted by atomic mass is 79.9. The third-order valence-electron chi connectivity index (χ3n) is 3.23. The average Bonchev–Trinajstić information content (AvgIpc) is 3.17.